The quantitative estimate of drug-likeness (QED) is 0.872. The van der Waals surface area contributed by atoms with E-state index in [0.29, 0.717) is 12.1 Å². The van der Waals surface area contributed by atoms with Gasteiger partial charge in [-0.1, -0.05) is 0 Å². The first-order valence-corrected chi connectivity index (χ1v) is 6.67. The number of halogens is 1. The molecule has 2 rings (SSSR count). The second kappa shape index (κ2) is 5.57. The molecule has 0 unspecified atom stereocenters. The number of aromatic nitrogens is 2. The highest BCUT2D eigenvalue weighted by Gasteiger charge is 2.06. The van der Waals surface area contributed by atoms with Crippen LogP contribution in [0.15, 0.2) is 33.7 Å². The van der Waals surface area contributed by atoms with E-state index < -0.39 is 0 Å². The highest BCUT2D eigenvalue weighted by atomic mass is 79.9. The first-order valence-electron chi connectivity index (χ1n) is 5.88. The molecule has 0 fully saturated rings. The summed E-state index contributed by atoms with van der Waals surface area (Å²) >= 11 is 3.40. The van der Waals surface area contributed by atoms with Crippen LogP contribution in [0.1, 0.15) is 17.0 Å². The van der Waals surface area contributed by atoms with E-state index in [1.165, 1.54) is 0 Å². The topological polar surface area (TPSA) is 44.1 Å². The van der Waals surface area contributed by atoms with Gasteiger partial charge in [0.1, 0.15) is 5.75 Å². The number of pyridine rings is 2. The molecule has 100 valence electrons. The molecular formula is C14H15BrN2O2. The third kappa shape index (κ3) is 3.23. The average Bonchev–Trinajstić information content (AvgIpc) is 2.34. The van der Waals surface area contributed by atoms with E-state index in [2.05, 4.69) is 20.9 Å². The monoisotopic (exact) mass is 322 g/mol. The van der Waals surface area contributed by atoms with Gasteiger partial charge in [-0.3, -0.25) is 9.78 Å². The Balaban J connectivity index is 2.41. The Hall–Kier alpha value is -1.62. The number of rotatable bonds is 3. The van der Waals surface area contributed by atoms with Crippen LogP contribution >= 0.6 is 15.9 Å². The van der Waals surface area contributed by atoms with Crippen molar-refractivity contribution in [2.45, 2.75) is 20.4 Å². The van der Waals surface area contributed by atoms with Crippen molar-refractivity contribution in [1.29, 1.82) is 0 Å². The molecule has 0 aliphatic rings. The van der Waals surface area contributed by atoms with Crippen LogP contribution in [0.25, 0.3) is 0 Å². The molecule has 0 amide bonds. The van der Waals surface area contributed by atoms with Crippen LogP contribution in [0.3, 0.4) is 0 Å². The van der Waals surface area contributed by atoms with Crippen LogP contribution in [0.4, 0.5) is 0 Å². The molecule has 0 N–H and O–H groups in total. The molecule has 2 aromatic heterocycles. The maximum absolute atomic E-state index is 12.0. The standard InChI is InChI=1S/C14H15BrN2O2/c1-9-4-11(15)7-17(14(9)18)8-12-6-13(19-3)5-10(2)16-12/h4-7H,8H2,1-3H3. The Bertz CT molecular complexity index is 665. The fourth-order valence-electron chi connectivity index (χ4n) is 1.93. The molecule has 0 saturated carbocycles. The largest absolute Gasteiger partial charge is 0.497 e. The lowest BCUT2D eigenvalue weighted by atomic mass is 10.2. The minimum absolute atomic E-state index is 0.00882. The molecule has 2 heterocycles. The van der Waals surface area contributed by atoms with Crippen LogP contribution < -0.4 is 10.3 Å². The zero-order valence-electron chi connectivity index (χ0n) is 11.1. The summed E-state index contributed by atoms with van der Waals surface area (Å²) < 4.78 is 7.73. The normalized spacial score (nSPS) is 10.5. The van der Waals surface area contributed by atoms with Gasteiger partial charge in [0.15, 0.2) is 0 Å². The third-order valence-corrected chi connectivity index (χ3v) is 3.21. The molecule has 0 spiro atoms. The third-order valence-electron chi connectivity index (χ3n) is 2.78. The van der Waals surface area contributed by atoms with E-state index in [0.717, 1.165) is 21.6 Å². The minimum atomic E-state index is -0.00882. The van der Waals surface area contributed by atoms with Crippen molar-refractivity contribution >= 4 is 15.9 Å². The van der Waals surface area contributed by atoms with E-state index in [9.17, 15) is 4.79 Å². The summed E-state index contributed by atoms with van der Waals surface area (Å²) in [6, 6.07) is 5.51. The Morgan fingerprint density at radius 3 is 2.74 bits per heavy atom. The number of hydrogen-bond donors (Lipinski definition) is 0. The Labute approximate surface area is 120 Å². The zero-order valence-corrected chi connectivity index (χ0v) is 12.7. The molecule has 2 aromatic rings. The van der Waals surface area contributed by atoms with Crippen molar-refractivity contribution in [3.8, 4) is 5.75 Å². The van der Waals surface area contributed by atoms with Gasteiger partial charge in [0.25, 0.3) is 5.56 Å². The first kappa shape index (κ1) is 13.8. The van der Waals surface area contributed by atoms with Crippen LogP contribution in [0.2, 0.25) is 0 Å². The maximum atomic E-state index is 12.0. The summed E-state index contributed by atoms with van der Waals surface area (Å²) in [7, 11) is 1.62. The van der Waals surface area contributed by atoms with Crippen molar-refractivity contribution in [3.05, 3.63) is 56.2 Å². The van der Waals surface area contributed by atoms with Gasteiger partial charge in [0.2, 0.25) is 0 Å². The highest BCUT2D eigenvalue weighted by molar-refractivity contribution is 9.10. The Morgan fingerprint density at radius 2 is 2.05 bits per heavy atom. The molecule has 0 aliphatic carbocycles. The fraction of sp³-hybridized carbons (Fsp3) is 0.286. The van der Waals surface area contributed by atoms with E-state index in [1.54, 1.807) is 24.8 Å². The number of aryl methyl sites for hydroxylation is 2. The summed E-state index contributed by atoms with van der Waals surface area (Å²) in [5.74, 6) is 0.752. The predicted molar refractivity (Wildman–Crippen MR) is 77.8 cm³/mol. The minimum Gasteiger partial charge on any atom is -0.497 e. The molecule has 0 atom stereocenters. The SMILES string of the molecule is COc1cc(C)nc(Cn2cc(Br)cc(C)c2=O)c1. The van der Waals surface area contributed by atoms with Crippen molar-refractivity contribution in [2.75, 3.05) is 7.11 Å². The number of hydrogen-bond acceptors (Lipinski definition) is 3. The van der Waals surface area contributed by atoms with Crippen molar-refractivity contribution in [2.24, 2.45) is 0 Å². The van der Waals surface area contributed by atoms with Crippen molar-refractivity contribution in [3.63, 3.8) is 0 Å². The Kier molecular flexibility index (Phi) is 4.04. The predicted octanol–water partition coefficient (Wildman–Crippen LogP) is 2.68. The van der Waals surface area contributed by atoms with Crippen LogP contribution in [-0.2, 0) is 6.54 Å². The van der Waals surface area contributed by atoms with Crippen LogP contribution in [-0.4, -0.2) is 16.7 Å². The second-order valence-corrected chi connectivity index (χ2v) is 5.33. The van der Waals surface area contributed by atoms with Gasteiger partial charge in [-0.25, -0.2) is 0 Å². The molecule has 0 aromatic carbocycles. The lowest BCUT2D eigenvalue weighted by Gasteiger charge is -2.09. The molecule has 0 radical (unpaired) electrons. The molecule has 5 heteroatoms. The average molecular weight is 323 g/mol. The van der Waals surface area contributed by atoms with Gasteiger partial charge in [-0.2, -0.15) is 0 Å². The van der Waals surface area contributed by atoms with E-state index in [4.69, 9.17) is 4.74 Å². The summed E-state index contributed by atoms with van der Waals surface area (Å²) in [5, 5.41) is 0. The van der Waals surface area contributed by atoms with Gasteiger partial charge >= 0.3 is 0 Å². The molecule has 19 heavy (non-hydrogen) atoms. The molecule has 0 aliphatic heterocycles. The van der Waals surface area contributed by atoms with Gasteiger partial charge in [-0.05, 0) is 35.8 Å². The van der Waals surface area contributed by atoms with Crippen molar-refractivity contribution < 1.29 is 4.74 Å². The van der Waals surface area contributed by atoms with Gasteiger partial charge in [0, 0.05) is 34.1 Å². The van der Waals surface area contributed by atoms with E-state index >= 15 is 0 Å². The van der Waals surface area contributed by atoms with E-state index in [1.807, 2.05) is 25.1 Å². The molecule has 0 saturated heterocycles. The molecule has 0 bridgehead atoms. The maximum Gasteiger partial charge on any atom is 0.253 e. The highest BCUT2D eigenvalue weighted by Crippen LogP contribution is 2.15. The smallest absolute Gasteiger partial charge is 0.253 e. The zero-order chi connectivity index (χ0) is 14.0. The summed E-state index contributed by atoms with van der Waals surface area (Å²) in [5.41, 5.74) is 2.37. The molecule has 4 nitrogen and oxygen atoms in total. The fourth-order valence-corrected chi connectivity index (χ4v) is 2.52. The van der Waals surface area contributed by atoms with E-state index in [-0.39, 0.29) is 5.56 Å². The van der Waals surface area contributed by atoms with Gasteiger partial charge in [-0.15, -0.1) is 0 Å². The summed E-state index contributed by atoms with van der Waals surface area (Å²) in [6.07, 6.45) is 1.77. The van der Waals surface area contributed by atoms with Crippen LogP contribution in [0, 0.1) is 13.8 Å². The van der Waals surface area contributed by atoms with Gasteiger partial charge < -0.3 is 9.30 Å². The summed E-state index contributed by atoms with van der Waals surface area (Å²) in [6.45, 7) is 4.13. The lowest BCUT2D eigenvalue weighted by molar-refractivity contribution is 0.412. The van der Waals surface area contributed by atoms with Crippen LogP contribution in [0.5, 0.6) is 5.75 Å². The molecular weight excluding hydrogens is 308 g/mol. The number of methoxy groups -OCH3 is 1. The summed E-state index contributed by atoms with van der Waals surface area (Å²) in [4.78, 5) is 16.5. The van der Waals surface area contributed by atoms with Crippen molar-refractivity contribution in [1.82, 2.24) is 9.55 Å². The lowest BCUT2D eigenvalue weighted by Crippen LogP contribution is -2.22. The Morgan fingerprint density at radius 1 is 1.32 bits per heavy atom. The number of nitrogens with zero attached hydrogens (tertiary/aromatic N) is 2. The first-order chi connectivity index (χ1) is 8.99. The second-order valence-electron chi connectivity index (χ2n) is 4.41. The number of ether oxygens (including phenoxy) is 1. The van der Waals surface area contributed by atoms with Gasteiger partial charge in [0.05, 0.1) is 19.3 Å².